The van der Waals surface area contributed by atoms with Crippen molar-refractivity contribution < 1.29 is 28.2 Å². The van der Waals surface area contributed by atoms with Crippen LogP contribution in [-0.2, 0) is 11.4 Å². The minimum Gasteiger partial charge on any atom is -0.485 e. The van der Waals surface area contributed by atoms with Crippen LogP contribution in [0, 0.1) is 13.8 Å². The van der Waals surface area contributed by atoms with Crippen LogP contribution in [0.4, 0.5) is 4.39 Å². The lowest BCUT2D eigenvalue weighted by Crippen LogP contribution is -2.42. The van der Waals surface area contributed by atoms with Gasteiger partial charge in [-0.25, -0.2) is 9.18 Å². The maximum Gasteiger partial charge on any atom is 0.328 e. The molecule has 7 heteroatoms. The van der Waals surface area contributed by atoms with E-state index in [0.717, 1.165) is 11.1 Å². The Bertz CT molecular complexity index is 740. The molecule has 0 aliphatic rings. The van der Waals surface area contributed by atoms with Crippen LogP contribution in [-0.4, -0.2) is 29.7 Å². The van der Waals surface area contributed by atoms with E-state index >= 15 is 0 Å². The first kappa shape index (κ1) is 17.5. The topological polar surface area (TPSA) is 88.8 Å². The number of ether oxygens (including phenoxy) is 1. The van der Waals surface area contributed by atoms with Crippen LogP contribution >= 0.6 is 0 Å². The Morgan fingerprint density at radius 2 is 2.04 bits per heavy atom. The Morgan fingerprint density at radius 1 is 1.29 bits per heavy atom. The van der Waals surface area contributed by atoms with E-state index in [0.29, 0.717) is 11.5 Å². The molecule has 2 aromatic rings. The van der Waals surface area contributed by atoms with Gasteiger partial charge in [-0.3, -0.25) is 4.79 Å². The molecule has 0 aliphatic heterocycles. The standard InChI is InChI=1S/C17H18FNO5/c1-10-3-5-14(11(2)7-10)23-9-12-4-6-15(24-12)16(20)19-13(8-18)17(21)22/h3-7,13H,8-9H2,1-2H3,(H,19,20)(H,21,22). The number of carboxylic acids is 1. The van der Waals surface area contributed by atoms with Gasteiger partial charge in [0.15, 0.2) is 11.8 Å². The smallest absolute Gasteiger partial charge is 0.328 e. The van der Waals surface area contributed by atoms with E-state index in [2.05, 4.69) is 0 Å². The minimum absolute atomic E-state index is 0.103. The molecule has 0 bridgehead atoms. The fourth-order valence-corrected chi connectivity index (χ4v) is 2.08. The molecule has 1 atom stereocenters. The number of carbonyl (C=O) groups excluding carboxylic acids is 1. The van der Waals surface area contributed by atoms with Gasteiger partial charge in [0.1, 0.15) is 24.8 Å². The predicted octanol–water partition coefficient (Wildman–Crippen LogP) is 2.63. The quantitative estimate of drug-likeness (QED) is 0.812. The monoisotopic (exact) mass is 335 g/mol. The first-order valence-corrected chi connectivity index (χ1v) is 7.29. The Hall–Kier alpha value is -2.83. The number of hydrogen-bond acceptors (Lipinski definition) is 4. The molecule has 1 aromatic carbocycles. The van der Waals surface area contributed by atoms with Crippen molar-refractivity contribution >= 4 is 11.9 Å². The number of rotatable bonds is 7. The number of hydrogen-bond donors (Lipinski definition) is 2. The Morgan fingerprint density at radius 3 is 2.67 bits per heavy atom. The van der Waals surface area contributed by atoms with Gasteiger partial charge < -0.3 is 19.6 Å². The Labute approximate surface area is 138 Å². The minimum atomic E-state index is -1.60. The van der Waals surface area contributed by atoms with E-state index in [9.17, 15) is 14.0 Å². The summed E-state index contributed by atoms with van der Waals surface area (Å²) in [5.74, 6) is -1.25. The molecule has 1 amide bonds. The van der Waals surface area contributed by atoms with Crippen molar-refractivity contribution in [1.29, 1.82) is 0 Å². The van der Waals surface area contributed by atoms with Crippen molar-refractivity contribution in [2.45, 2.75) is 26.5 Å². The number of aryl methyl sites for hydroxylation is 2. The molecular weight excluding hydrogens is 317 g/mol. The van der Waals surface area contributed by atoms with E-state index < -0.39 is 24.6 Å². The van der Waals surface area contributed by atoms with Crippen LogP contribution in [0.5, 0.6) is 5.75 Å². The fourth-order valence-electron chi connectivity index (χ4n) is 2.08. The van der Waals surface area contributed by atoms with Gasteiger partial charge in [-0.15, -0.1) is 0 Å². The molecule has 1 aromatic heterocycles. The third kappa shape index (κ3) is 4.34. The maximum atomic E-state index is 12.5. The van der Waals surface area contributed by atoms with Crippen LogP contribution in [0.1, 0.15) is 27.4 Å². The van der Waals surface area contributed by atoms with E-state index in [4.69, 9.17) is 14.3 Å². The third-order valence-electron chi connectivity index (χ3n) is 3.34. The summed E-state index contributed by atoms with van der Waals surface area (Å²) in [7, 11) is 0. The Balaban J connectivity index is 1.97. The average Bonchev–Trinajstić information content (AvgIpc) is 3.00. The molecule has 0 aliphatic carbocycles. The van der Waals surface area contributed by atoms with Gasteiger partial charge in [-0.05, 0) is 37.6 Å². The van der Waals surface area contributed by atoms with Gasteiger partial charge in [0.25, 0.3) is 5.91 Å². The highest BCUT2D eigenvalue weighted by Gasteiger charge is 2.22. The summed E-state index contributed by atoms with van der Waals surface area (Å²) in [5, 5.41) is 10.8. The summed E-state index contributed by atoms with van der Waals surface area (Å²) < 4.78 is 23.5. The van der Waals surface area contributed by atoms with Crippen LogP contribution in [0.2, 0.25) is 0 Å². The first-order chi connectivity index (χ1) is 11.4. The normalized spacial score (nSPS) is 11.8. The van der Waals surface area contributed by atoms with Crippen molar-refractivity contribution in [3.63, 3.8) is 0 Å². The number of carboxylic acid groups (broad SMARTS) is 1. The van der Waals surface area contributed by atoms with Gasteiger partial charge in [-0.1, -0.05) is 17.7 Å². The molecule has 0 radical (unpaired) electrons. The number of nitrogens with one attached hydrogen (secondary N) is 1. The largest absolute Gasteiger partial charge is 0.485 e. The van der Waals surface area contributed by atoms with Crippen LogP contribution < -0.4 is 10.1 Å². The van der Waals surface area contributed by atoms with Crippen LogP contribution in [0.3, 0.4) is 0 Å². The summed E-state index contributed by atoms with van der Waals surface area (Å²) in [6.07, 6.45) is 0. The Kier molecular flexibility index (Phi) is 5.57. The highest BCUT2D eigenvalue weighted by molar-refractivity contribution is 5.94. The lowest BCUT2D eigenvalue weighted by Gasteiger charge is -2.09. The van der Waals surface area contributed by atoms with Gasteiger partial charge in [-0.2, -0.15) is 0 Å². The summed E-state index contributed by atoms with van der Waals surface area (Å²) in [6, 6.07) is 7.08. The molecule has 128 valence electrons. The van der Waals surface area contributed by atoms with Crippen molar-refractivity contribution in [2.24, 2.45) is 0 Å². The predicted molar refractivity (Wildman–Crippen MR) is 83.8 cm³/mol. The number of aliphatic carboxylic acids is 1. The summed E-state index contributed by atoms with van der Waals surface area (Å²) >= 11 is 0. The number of carbonyl (C=O) groups is 2. The molecule has 1 heterocycles. The van der Waals surface area contributed by atoms with Crippen molar-refractivity contribution in [3.8, 4) is 5.75 Å². The number of alkyl halides is 1. The SMILES string of the molecule is Cc1ccc(OCc2ccc(C(=O)NC(CF)C(=O)O)o2)c(C)c1. The number of benzene rings is 1. The fraction of sp³-hybridized carbons (Fsp3) is 0.294. The van der Waals surface area contributed by atoms with Crippen molar-refractivity contribution in [2.75, 3.05) is 6.67 Å². The number of amides is 1. The second-order valence-corrected chi connectivity index (χ2v) is 5.34. The van der Waals surface area contributed by atoms with Crippen LogP contribution in [0.25, 0.3) is 0 Å². The molecule has 1 unspecified atom stereocenters. The number of furan rings is 1. The molecule has 0 spiro atoms. The van der Waals surface area contributed by atoms with Gasteiger partial charge in [0.2, 0.25) is 0 Å². The van der Waals surface area contributed by atoms with E-state index in [1.165, 1.54) is 6.07 Å². The second-order valence-electron chi connectivity index (χ2n) is 5.34. The van der Waals surface area contributed by atoms with Crippen molar-refractivity contribution in [3.05, 3.63) is 53.0 Å². The third-order valence-corrected chi connectivity index (χ3v) is 3.34. The first-order valence-electron chi connectivity index (χ1n) is 7.29. The van der Waals surface area contributed by atoms with Gasteiger partial charge in [0.05, 0.1) is 0 Å². The molecule has 2 N–H and O–H groups in total. The summed E-state index contributed by atoms with van der Waals surface area (Å²) in [5.41, 5.74) is 2.10. The molecular formula is C17H18FNO5. The molecule has 0 fully saturated rings. The average molecular weight is 335 g/mol. The summed E-state index contributed by atoms with van der Waals surface area (Å²) in [6.45, 7) is 2.81. The second kappa shape index (κ2) is 7.63. The zero-order chi connectivity index (χ0) is 17.7. The highest BCUT2D eigenvalue weighted by Crippen LogP contribution is 2.20. The van der Waals surface area contributed by atoms with E-state index in [1.54, 1.807) is 6.07 Å². The molecule has 24 heavy (non-hydrogen) atoms. The number of halogens is 1. The molecule has 0 saturated carbocycles. The molecule has 2 rings (SSSR count). The zero-order valence-corrected chi connectivity index (χ0v) is 13.3. The molecule has 6 nitrogen and oxygen atoms in total. The van der Waals surface area contributed by atoms with E-state index in [1.807, 2.05) is 37.4 Å². The van der Waals surface area contributed by atoms with E-state index in [-0.39, 0.29) is 12.4 Å². The van der Waals surface area contributed by atoms with Gasteiger partial charge in [0, 0.05) is 0 Å². The lowest BCUT2D eigenvalue weighted by molar-refractivity contribution is -0.139. The van der Waals surface area contributed by atoms with Gasteiger partial charge >= 0.3 is 5.97 Å². The lowest BCUT2D eigenvalue weighted by atomic mass is 10.1. The highest BCUT2D eigenvalue weighted by atomic mass is 19.1. The van der Waals surface area contributed by atoms with Crippen molar-refractivity contribution in [1.82, 2.24) is 5.32 Å². The maximum absolute atomic E-state index is 12.5. The summed E-state index contributed by atoms with van der Waals surface area (Å²) in [4.78, 5) is 22.5. The molecule has 0 saturated heterocycles. The van der Waals surface area contributed by atoms with Crippen LogP contribution in [0.15, 0.2) is 34.7 Å². The zero-order valence-electron chi connectivity index (χ0n) is 13.3.